The molecule has 5 heteroatoms. The molecule has 0 heterocycles. The molecule has 1 fully saturated rings. The van der Waals surface area contributed by atoms with Gasteiger partial charge in [-0.25, -0.2) is 4.79 Å². The first-order valence-electron chi connectivity index (χ1n) is 8.88. The zero-order valence-electron chi connectivity index (χ0n) is 14.2. The highest BCUT2D eigenvalue weighted by Gasteiger charge is 2.32. The van der Waals surface area contributed by atoms with Crippen LogP contribution in [0.1, 0.15) is 58.3 Å². The fourth-order valence-electron chi connectivity index (χ4n) is 3.25. The summed E-state index contributed by atoms with van der Waals surface area (Å²) in [6.45, 7) is 2.32. The molecule has 1 rings (SSSR count). The number of carboxylic acid groups (broad SMARTS) is 1. The second-order valence-corrected chi connectivity index (χ2v) is 6.51. The molecule has 4 atom stereocenters. The smallest absolute Gasteiger partial charge is 0.329 e. The second kappa shape index (κ2) is 11.6. The molecule has 1 saturated carbocycles. The van der Waals surface area contributed by atoms with Gasteiger partial charge in [0.05, 0.1) is 12.2 Å². The predicted octanol–water partition coefficient (Wildman–Crippen LogP) is 2.75. The van der Waals surface area contributed by atoms with Crippen LogP contribution in [-0.4, -0.2) is 46.7 Å². The van der Waals surface area contributed by atoms with E-state index in [0.717, 1.165) is 51.4 Å². The summed E-state index contributed by atoms with van der Waals surface area (Å²) < 4.78 is 5.02. The molecule has 1 aliphatic carbocycles. The van der Waals surface area contributed by atoms with Crippen molar-refractivity contribution in [3.05, 3.63) is 12.2 Å². The first-order valence-corrected chi connectivity index (χ1v) is 8.88. The molecule has 1 aliphatic rings. The maximum atomic E-state index is 10.3. The molecule has 0 saturated heterocycles. The van der Waals surface area contributed by atoms with Gasteiger partial charge in [0.15, 0.2) is 0 Å². The third kappa shape index (κ3) is 8.49. The Kier molecular flexibility index (Phi) is 10.2. The van der Waals surface area contributed by atoms with Gasteiger partial charge in [0.1, 0.15) is 6.61 Å². The zero-order valence-corrected chi connectivity index (χ0v) is 14.2. The van der Waals surface area contributed by atoms with Gasteiger partial charge in [0.2, 0.25) is 0 Å². The van der Waals surface area contributed by atoms with E-state index in [1.807, 2.05) is 6.08 Å². The minimum Gasteiger partial charge on any atom is -0.480 e. The maximum Gasteiger partial charge on any atom is 0.329 e. The van der Waals surface area contributed by atoms with Gasteiger partial charge >= 0.3 is 5.97 Å². The molecule has 0 aliphatic heterocycles. The number of allylic oxidation sites excluding steroid dienone is 1. The molecule has 0 radical (unpaired) electrons. The molecule has 0 aromatic rings. The summed E-state index contributed by atoms with van der Waals surface area (Å²) >= 11 is 0. The van der Waals surface area contributed by atoms with E-state index in [9.17, 15) is 15.0 Å². The predicted molar refractivity (Wildman–Crippen MR) is 89.2 cm³/mol. The lowest BCUT2D eigenvalue weighted by molar-refractivity contribution is -0.142. The van der Waals surface area contributed by atoms with Gasteiger partial charge in [-0.1, -0.05) is 38.3 Å². The zero-order chi connectivity index (χ0) is 17.1. The number of hydrogen-bond donors (Lipinski definition) is 3. The minimum absolute atomic E-state index is 0.240. The van der Waals surface area contributed by atoms with Crippen LogP contribution in [0, 0.1) is 11.8 Å². The third-order valence-electron chi connectivity index (χ3n) is 4.58. The molecule has 0 aromatic heterocycles. The van der Waals surface area contributed by atoms with Crippen molar-refractivity contribution in [3.63, 3.8) is 0 Å². The number of hydrogen-bond acceptors (Lipinski definition) is 4. The molecule has 1 unspecified atom stereocenters. The van der Waals surface area contributed by atoms with Gasteiger partial charge in [0.25, 0.3) is 0 Å². The second-order valence-electron chi connectivity index (χ2n) is 6.51. The van der Waals surface area contributed by atoms with E-state index in [-0.39, 0.29) is 24.7 Å². The van der Waals surface area contributed by atoms with Gasteiger partial charge in [-0.15, -0.1) is 0 Å². The topological polar surface area (TPSA) is 87.0 Å². The van der Waals surface area contributed by atoms with Crippen molar-refractivity contribution in [1.29, 1.82) is 0 Å². The molecule has 5 nitrogen and oxygen atoms in total. The van der Waals surface area contributed by atoms with E-state index >= 15 is 0 Å². The van der Waals surface area contributed by atoms with Crippen LogP contribution in [-0.2, 0) is 9.53 Å². The van der Waals surface area contributed by atoms with Crippen LogP contribution in [0.15, 0.2) is 12.2 Å². The summed E-state index contributed by atoms with van der Waals surface area (Å²) in [6.07, 6.45) is 10.7. The molecule has 0 amide bonds. The highest BCUT2D eigenvalue weighted by molar-refractivity contribution is 5.67. The molecule has 23 heavy (non-hydrogen) atoms. The lowest BCUT2D eigenvalue weighted by Gasteiger charge is -2.20. The Bertz CT molecular complexity index is 355. The Hall–Kier alpha value is -0.910. The summed E-state index contributed by atoms with van der Waals surface area (Å²) in [4.78, 5) is 10.3. The van der Waals surface area contributed by atoms with E-state index in [2.05, 4.69) is 13.0 Å². The van der Waals surface area contributed by atoms with Crippen molar-refractivity contribution in [3.8, 4) is 0 Å². The van der Waals surface area contributed by atoms with Crippen molar-refractivity contribution in [2.45, 2.75) is 70.5 Å². The number of aliphatic hydroxyl groups excluding tert-OH is 2. The molecule has 3 N–H and O–H groups in total. The highest BCUT2D eigenvalue weighted by Crippen LogP contribution is 2.36. The lowest BCUT2D eigenvalue weighted by atomic mass is 9.89. The Balaban J connectivity index is 2.28. The van der Waals surface area contributed by atoms with Crippen LogP contribution in [0.3, 0.4) is 0 Å². The lowest BCUT2D eigenvalue weighted by Crippen LogP contribution is -2.18. The fraction of sp³-hybridized carbons (Fsp3) is 0.833. The van der Waals surface area contributed by atoms with Crippen LogP contribution in [0.2, 0.25) is 0 Å². The van der Waals surface area contributed by atoms with Crippen molar-refractivity contribution in [1.82, 2.24) is 0 Å². The van der Waals surface area contributed by atoms with E-state index in [1.54, 1.807) is 0 Å². The quantitative estimate of drug-likeness (QED) is 0.379. The SMILES string of the molecule is CCCCC(O)C=C[C@H]1CC[C@H](O)[C@@H]1CCCCOCC(=O)O. The molecular formula is C18H32O5. The Morgan fingerprint density at radius 1 is 1.30 bits per heavy atom. The van der Waals surface area contributed by atoms with Gasteiger partial charge in [0, 0.05) is 6.61 Å². The maximum absolute atomic E-state index is 10.3. The van der Waals surface area contributed by atoms with Crippen molar-refractivity contribution in [2.75, 3.05) is 13.2 Å². The average molecular weight is 328 g/mol. The Morgan fingerprint density at radius 3 is 2.78 bits per heavy atom. The molecule has 134 valence electrons. The molecule has 0 aromatic carbocycles. The number of unbranched alkanes of at least 4 members (excludes halogenated alkanes) is 2. The first kappa shape index (κ1) is 20.1. The fourth-order valence-corrected chi connectivity index (χ4v) is 3.25. The molecular weight excluding hydrogens is 296 g/mol. The number of carbonyl (C=O) groups is 1. The summed E-state index contributed by atoms with van der Waals surface area (Å²) in [7, 11) is 0. The van der Waals surface area contributed by atoms with Gasteiger partial charge < -0.3 is 20.1 Å². The average Bonchev–Trinajstić information content (AvgIpc) is 2.86. The van der Waals surface area contributed by atoms with Gasteiger partial charge in [-0.05, 0) is 43.9 Å². The van der Waals surface area contributed by atoms with Crippen LogP contribution in [0.4, 0.5) is 0 Å². The number of aliphatic carboxylic acids is 1. The summed E-state index contributed by atoms with van der Waals surface area (Å²) in [5.74, 6) is -0.367. The number of carboxylic acids is 1. The summed E-state index contributed by atoms with van der Waals surface area (Å²) in [5.41, 5.74) is 0. The van der Waals surface area contributed by atoms with Crippen molar-refractivity contribution >= 4 is 5.97 Å². The van der Waals surface area contributed by atoms with E-state index < -0.39 is 5.97 Å². The monoisotopic (exact) mass is 328 g/mol. The third-order valence-corrected chi connectivity index (χ3v) is 4.58. The Morgan fingerprint density at radius 2 is 2.09 bits per heavy atom. The first-order chi connectivity index (χ1) is 11.0. The largest absolute Gasteiger partial charge is 0.480 e. The van der Waals surface area contributed by atoms with E-state index in [1.165, 1.54) is 0 Å². The highest BCUT2D eigenvalue weighted by atomic mass is 16.5. The van der Waals surface area contributed by atoms with Crippen LogP contribution >= 0.6 is 0 Å². The minimum atomic E-state index is -0.942. The Labute approximate surface area is 139 Å². The molecule has 0 bridgehead atoms. The van der Waals surface area contributed by atoms with Crippen LogP contribution in [0.25, 0.3) is 0 Å². The normalized spacial score (nSPS) is 26.0. The number of rotatable bonds is 12. The van der Waals surface area contributed by atoms with Gasteiger partial charge in [-0.2, -0.15) is 0 Å². The van der Waals surface area contributed by atoms with Crippen molar-refractivity contribution in [2.24, 2.45) is 11.8 Å². The van der Waals surface area contributed by atoms with E-state index in [0.29, 0.717) is 12.5 Å². The summed E-state index contributed by atoms with van der Waals surface area (Å²) in [6, 6.07) is 0. The van der Waals surface area contributed by atoms with E-state index in [4.69, 9.17) is 9.84 Å². The van der Waals surface area contributed by atoms with Crippen molar-refractivity contribution < 1.29 is 24.9 Å². The molecule has 0 spiro atoms. The number of aliphatic hydroxyl groups is 2. The van der Waals surface area contributed by atoms with Crippen LogP contribution in [0.5, 0.6) is 0 Å². The standard InChI is InChI=1S/C18H32O5/c1-2-3-6-15(19)10-8-14-9-11-17(20)16(14)7-4-5-12-23-13-18(21)22/h8,10,14-17,19-20H,2-7,9,11-13H2,1H3,(H,21,22)/t14-,15?,16+,17-/m0/s1. The number of ether oxygens (including phenoxy) is 1. The van der Waals surface area contributed by atoms with Gasteiger partial charge in [-0.3, -0.25) is 0 Å². The summed E-state index contributed by atoms with van der Waals surface area (Å²) in [5, 5.41) is 28.5. The van der Waals surface area contributed by atoms with Crippen LogP contribution < -0.4 is 0 Å².